The van der Waals surface area contributed by atoms with Crippen molar-refractivity contribution in [2.75, 3.05) is 13.2 Å². The van der Waals surface area contributed by atoms with Crippen LogP contribution in [0.3, 0.4) is 0 Å². The van der Waals surface area contributed by atoms with Crippen molar-refractivity contribution in [1.82, 2.24) is 0 Å². The summed E-state index contributed by atoms with van der Waals surface area (Å²) in [5, 5.41) is 32.2. The summed E-state index contributed by atoms with van der Waals surface area (Å²) in [5.41, 5.74) is 1.75. The number of unbranched alkanes of at least 4 members (excludes halogenated alkanes) is 6. The lowest BCUT2D eigenvalue weighted by molar-refractivity contribution is -0.305. The molecule has 0 aliphatic carbocycles. The van der Waals surface area contributed by atoms with E-state index < -0.39 is 36.3 Å². The Morgan fingerprint density at radius 3 is 1.66 bits per heavy atom. The van der Waals surface area contributed by atoms with Crippen LogP contribution in [0, 0.1) is 0 Å². The lowest BCUT2D eigenvalue weighted by Gasteiger charge is -2.42. The molecule has 0 bridgehead atoms. The van der Waals surface area contributed by atoms with E-state index in [1.165, 1.54) is 19.3 Å². The average Bonchev–Trinajstić information content (AvgIpc) is 3.02. The molecule has 0 spiro atoms. The van der Waals surface area contributed by atoms with Crippen molar-refractivity contribution in [2.24, 2.45) is 0 Å². The topological polar surface area (TPSA) is 88.4 Å². The fraction of sp³-hybridized carbons (Fsp3) is 0.429. The van der Waals surface area contributed by atoms with Gasteiger partial charge < -0.3 is 29.5 Å². The van der Waals surface area contributed by atoms with E-state index in [-0.39, 0.29) is 6.61 Å². The minimum absolute atomic E-state index is 0.0474. The van der Waals surface area contributed by atoms with E-state index in [0.717, 1.165) is 42.4 Å². The first kappa shape index (κ1) is 31.1. The highest BCUT2D eigenvalue weighted by Gasteiger charge is 2.46. The quantitative estimate of drug-likeness (QED) is 0.118. The predicted molar refractivity (Wildman–Crippen MR) is 160 cm³/mol. The third-order valence-corrected chi connectivity index (χ3v) is 7.76. The van der Waals surface area contributed by atoms with Gasteiger partial charge in [0.05, 0.1) is 6.61 Å². The average molecular weight is 561 g/mol. The Hall–Kier alpha value is -2.84. The fourth-order valence-electron chi connectivity index (χ4n) is 5.47. The van der Waals surface area contributed by atoms with Crippen LogP contribution in [0.1, 0.15) is 61.6 Å². The molecule has 3 aromatic rings. The van der Waals surface area contributed by atoms with Gasteiger partial charge in [-0.1, -0.05) is 123 Å². The molecule has 3 N–H and O–H groups in total. The third-order valence-electron chi connectivity index (χ3n) is 7.76. The first-order valence-corrected chi connectivity index (χ1v) is 14.8. The number of allylic oxidation sites excluding steroid dienone is 1. The minimum Gasteiger partial charge on any atom is -0.387 e. The van der Waals surface area contributed by atoms with Crippen molar-refractivity contribution in [3.05, 3.63) is 120 Å². The summed E-state index contributed by atoms with van der Waals surface area (Å²) in [4.78, 5) is 0. The highest BCUT2D eigenvalue weighted by molar-refractivity contribution is 5.47. The first-order valence-electron chi connectivity index (χ1n) is 14.8. The van der Waals surface area contributed by atoms with E-state index in [0.29, 0.717) is 6.61 Å². The lowest BCUT2D eigenvalue weighted by atomic mass is 9.80. The number of aliphatic hydroxyl groups is 3. The Morgan fingerprint density at radius 1 is 0.659 bits per heavy atom. The van der Waals surface area contributed by atoms with Crippen LogP contribution in [0.25, 0.3) is 0 Å². The second kappa shape index (κ2) is 16.0. The van der Waals surface area contributed by atoms with Crippen molar-refractivity contribution in [2.45, 2.75) is 81.3 Å². The number of ether oxygens (including phenoxy) is 3. The summed E-state index contributed by atoms with van der Waals surface area (Å²) in [6.07, 6.45) is 3.41. The normalized spacial score (nSPS) is 22.9. The Kier molecular flexibility index (Phi) is 12.1. The summed E-state index contributed by atoms with van der Waals surface area (Å²) >= 11 is 0. The molecule has 4 rings (SSSR count). The van der Waals surface area contributed by atoms with Gasteiger partial charge in [0.15, 0.2) is 6.29 Å². The molecule has 1 heterocycles. The van der Waals surface area contributed by atoms with E-state index >= 15 is 0 Å². The van der Waals surface area contributed by atoms with Crippen LogP contribution in [0.15, 0.2) is 104 Å². The maximum atomic E-state index is 10.9. The van der Waals surface area contributed by atoms with Crippen molar-refractivity contribution in [3.8, 4) is 0 Å². The smallest absolute Gasteiger partial charge is 0.186 e. The summed E-state index contributed by atoms with van der Waals surface area (Å²) < 4.78 is 18.7. The largest absolute Gasteiger partial charge is 0.387 e. The Balaban J connectivity index is 1.47. The van der Waals surface area contributed by atoms with Crippen LogP contribution >= 0.6 is 0 Å². The van der Waals surface area contributed by atoms with Crippen molar-refractivity contribution < 1.29 is 29.5 Å². The monoisotopic (exact) mass is 560 g/mol. The molecule has 0 amide bonds. The number of hydrogen-bond acceptors (Lipinski definition) is 6. The first-order chi connectivity index (χ1) is 20.1. The standard InChI is InChI=1S/C35H44O6/c1-2-3-4-5-6-7-8-18-25-39-34-33(38)32(37)31(36)30(41-34)26-40-35(27-19-12-9-13-20-27,28-21-14-10-15-22-28)29-23-16-11-17-24-29/h2,9-17,19-24,30-34,36-38H,1,3-8,18,25-26H2/t30-,31-,32+,33+,34+/m1/s1. The van der Waals surface area contributed by atoms with E-state index in [4.69, 9.17) is 14.2 Å². The molecule has 0 aromatic heterocycles. The van der Waals surface area contributed by atoms with E-state index in [1.807, 2.05) is 97.1 Å². The van der Waals surface area contributed by atoms with Gasteiger partial charge in [0.2, 0.25) is 0 Å². The van der Waals surface area contributed by atoms with E-state index in [9.17, 15) is 15.3 Å². The summed E-state index contributed by atoms with van der Waals surface area (Å²) in [5.74, 6) is 0. The molecule has 41 heavy (non-hydrogen) atoms. The highest BCUT2D eigenvalue weighted by Crippen LogP contribution is 2.41. The molecule has 1 saturated heterocycles. The van der Waals surface area contributed by atoms with Gasteiger partial charge in [-0.05, 0) is 36.0 Å². The van der Waals surface area contributed by atoms with Crippen LogP contribution in [-0.2, 0) is 19.8 Å². The van der Waals surface area contributed by atoms with Crippen LogP contribution in [0.5, 0.6) is 0 Å². The number of rotatable bonds is 16. The van der Waals surface area contributed by atoms with Crippen LogP contribution in [-0.4, -0.2) is 59.2 Å². The Bertz CT molecular complexity index is 1040. The molecule has 1 fully saturated rings. The van der Waals surface area contributed by atoms with Crippen molar-refractivity contribution in [3.63, 3.8) is 0 Å². The molecule has 5 atom stereocenters. The molecule has 220 valence electrons. The molecule has 0 saturated carbocycles. The van der Waals surface area contributed by atoms with Gasteiger partial charge in [0.25, 0.3) is 0 Å². The van der Waals surface area contributed by atoms with Gasteiger partial charge in [-0.15, -0.1) is 6.58 Å². The highest BCUT2D eigenvalue weighted by atomic mass is 16.7. The van der Waals surface area contributed by atoms with Gasteiger partial charge in [0.1, 0.15) is 30.0 Å². The van der Waals surface area contributed by atoms with Crippen molar-refractivity contribution in [1.29, 1.82) is 0 Å². The molecule has 3 aromatic carbocycles. The molecule has 1 aliphatic heterocycles. The van der Waals surface area contributed by atoms with Crippen molar-refractivity contribution >= 4 is 0 Å². The Labute approximate surface area is 244 Å². The zero-order chi connectivity index (χ0) is 28.9. The number of aliphatic hydroxyl groups excluding tert-OH is 3. The molecule has 0 radical (unpaired) electrons. The summed E-state index contributed by atoms with van der Waals surface area (Å²) in [7, 11) is 0. The molecule has 6 heteroatoms. The maximum Gasteiger partial charge on any atom is 0.186 e. The van der Waals surface area contributed by atoms with Gasteiger partial charge >= 0.3 is 0 Å². The van der Waals surface area contributed by atoms with Gasteiger partial charge in [0, 0.05) is 6.61 Å². The number of hydrogen-bond donors (Lipinski definition) is 3. The number of benzene rings is 3. The zero-order valence-electron chi connectivity index (χ0n) is 23.8. The van der Waals surface area contributed by atoms with E-state index in [1.54, 1.807) is 0 Å². The van der Waals surface area contributed by atoms with Crippen LogP contribution in [0.2, 0.25) is 0 Å². The summed E-state index contributed by atoms with van der Waals surface area (Å²) in [6, 6.07) is 29.8. The zero-order valence-corrected chi connectivity index (χ0v) is 23.8. The molecule has 6 nitrogen and oxygen atoms in total. The second-order valence-electron chi connectivity index (χ2n) is 10.7. The predicted octanol–water partition coefficient (Wildman–Crippen LogP) is 5.74. The fourth-order valence-corrected chi connectivity index (χ4v) is 5.47. The van der Waals surface area contributed by atoms with Crippen LogP contribution in [0.4, 0.5) is 0 Å². The lowest BCUT2D eigenvalue weighted by Crippen LogP contribution is -2.59. The maximum absolute atomic E-state index is 10.9. The van der Waals surface area contributed by atoms with Gasteiger partial charge in [-0.3, -0.25) is 0 Å². The molecule has 0 unspecified atom stereocenters. The minimum atomic E-state index is -1.42. The third kappa shape index (κ3) is 7.92. The second-order valence-corrected chi connectivity index (χ2v) is 10.7. The van der Waals surface area contributed by atoms with Crippen LogP contribution < -0.4 is 0 Å². The summed E-state index contributed by atoms with van der Waals surface area (Å²) in [6.45, 7) is 4.11. The Morgan fingerprint density at radius 2 is 1.15 bits per heavy atom. The molecule has 1 aliphatic rings. The molecular formula is C35H44O6. The SMILES string of the molecule is C=CCCCCCCCCO[C@H]1O[C@H](COC(c2ccccc2)(c2ccccc2)c2ccccc2)[C@@H](O)[C@H](O)[C@@H]1O. The molecular weight excluding hydrogens is 516 g/mol. The van der Waals surface area contributed by atoms with E-state index in [2.05, 4.69) is 6.58 Å². The van der Waals surface area contributed by atoms with Gasteiger partial charge in [-0.2, -0.15) is 0 Å². The van der Waals surface area contributed by atoms with Gasteiger partial charge in [-0.25, -0.2) is 0 Å².